The fraction of sp³-hybridized carbons (Fsp3) is 0.800. The highest BCUT2D eigenvalue weighted by Gasteiger charge is 2.46. The van der Waals surface area contributed by atoms with E-state index in [9.17, 15) is 4.79 Å². The number of hydrogen-bond donors (Lipinski definition) is 0. The first-order valence-electron chi connectivity index (χ1n) is 7.08. The Morgan fingerprint density at radius 1 is 0.750 bits per heavy atom. The molecule has 1 saturated carbocycles. The van der Waals surface area contributed by atoms with Gasteiger partial charge < -0.3 is 0 Å². The van der Waals surface area contributed by atoms with E-state index in [1.165, 1.54) is 57.8 Å². The minimum absolute atomic E-state index is 0.0535. The van der Waals surface area contributed by atoms with E-state index in [4.69, 9.17) is 0 Å². The van der Waals surface area contributed by atoms with Crippen LogP contribution in [0.3, 0.4) is 0 Å². The van der Waals surface area contributed by atoms with Crippen molar-refractivity contribution in [2.45, 2.75) is 70.6 Å². The lowest BCUT2D eigenvalue weighted by atomic mass is 9.66. The molecule has 0 radical (unpaired) electrons. The van der Waals surface area contributed by atoms with Crippen molar-refractivity contribution in [2.24, 2.45) is 5.41 Å². The molecule has 3 aliphatic carbocycles. The van der Waals surface area contributed by atoms with Gasteiger partial charge in [0, 0.05) is 6.42 Å². The van der Waals surface area contributed by atoms with Crippen molar-refractivity contribution < 1.29 is 4.79 Å². The third kappa shape index (κ3) is 1.48. The molecule has 0 aromatic rings. The van der Waals surface area contributed by atoms with Crippen molar-refractivity contribution >= 4 is 5.78 Å². The average molecular weight is 218 g/mol. The predicted molar refractivity (Wildman–Crippen MR) is 65.3 cm³/mol. The van der Waals surface area contributed by atoms with Gasteiger partial charge in [-0.05, 0) is 44.9 Å². The zero-order valence-electron chi connectivity index (χ0n) is 10.2. The monoisotopic (exact) mass is 218 g/mol. The summed E-state index contributed by atoms with van der Waals surface area (Å²) in [7, 11) is 0. The molecule has 88 valence electrons. The highest BCUT2D eigenvalue weighted by molar-refractivity contribution is 5.90. The smallest absolute Gasteiger partial charge is 0.143 e. The second-order valence-corrected chi connectivity index (χ2v) is 5.86. The molecular formula is C15H22O. The molecule has 0 aromatic carbocycles. The molecule has 16 heavy (non-hydrogen) atoms. The van der Waals surface area contributed by atoms with Crippen LogP contribution in [0.2, 0.25) is 0 Å². The third-order valence-electron chi connectivity index (χ3n) is 5.05. The summed E-state index contributed by atoms with van der Waals surface area (Å²) >= 11 is 0. The number of carbonyl (C=O) groups is 1. The van der Waals surface area contributed by atoms with Gasteiger partial charge in [0.1, 0.15) is 5.78 Å². The molecule has 0 saturated heterocycles. The molecule has 0 atom stereocenters. The Morgan fingerprint density at radius 3 is 2.31 bits per heavy atom. The topological polar surface area (TPSA) is 17.1 Å². The fourth-order valence-corrected chi connectivity index (χ4v) is 4.23. The van der Waals surface area contributed by atoms with E-state index in [1.807, 2.05) is 0 Å². The van der Waals surface area contributed by atoms with Gasteiger partial charge in [-0.25, -0.2) is 0 Å². The molecule has 0 unspecified atom stereocenters. The quantitative estimate of drug-likeness (QED) is 0.558. The SMILES string of the molecule is O=C1CCC2=C(CCCCC2)C12CCCC2. The van der Waals surface area contributed by atoms with Crippen LogP contribution in [0.1, 0.15) is 70.6 Å². The van der Waals surface area contributed by atoms with Crippen LogP contribution in [0.15, 0.2) is 11.1 Å². The molecule has 0 bridgehead atoms. The van der Waals surface area contributed by atoms with Crippen LogP contribution in [0, 0.1) is 5.41 Å². The van der Waals surface area contributed by atoms with E-state index >= 15 is 0 Å². The van der Waals surface area contributed by atoms with E-state index in [1.54, 1.807) is 11.1 Å². The summed E-state index contributed by atoms with van der Waals surface area (Å²) in [4.78, 5) is 12.4. The molecule has 0 N–H and O–H groups in total. The summed E-state index contributed by atoms with van der Waals surface area (Å²) in [6.07, 6.45) is 13.4. The van der Waals surface area contributed by atoms with E-state index in [0.29, 0.717) is 5.78 Å². The van der Waals surface area contributed by atoms with E-state index in [0.717, 1.165) is 12.8 Å². The number of fused-ring (bicyclic) bond motifs is 1. The number of hydrogen-bond acceptors (Lipinski definition) is 1. The van der Waals surface area contributed by atoms with Crippen LogP contribution < -0.4 is 0 Å². The number of Topliss-reactive ketones (excluding diaryl/α,β-unsaturated/α-hetero) is 1. The van der Waals surface area contributed by atoms with Gasteiger partial charge in [0.2, 0.25) is 0 Å². The van der Waals surface area contributed by atoms with Gasteiger partial charge in [-0.3, -0.25) is 4.79 Å². The molecule has 1 nitrogen and oxygen atoms in total. The van der Waals surface area contributed by atoms with E-state index in [2.05, 4.69) is 0 Å². The maximum absolute atomic E-state index is 12.4. The average Bonchev–Trinajstić information content (AvgIpc) is 2.64. The van der Waals surface area contributed by atoms with Gasteiger partial charge in [-0.2, -0.15) is 0 Å². The lowest BCUT2D eigenvalue weighted by Gasteiger charge is -2.36. The summed E-state index contributed by atoms with van der Waals surface area (Å²) in [5, 5.41) is 0. The van der Waals surface area contributed by atoms with Crippen molar-refractivity contribution in [2.75, 3.05) is 0 Å². The molecule has 3 aliphatic rings. The van der Waals surface area contributed by atoms with E-state index in [-0.39, 0.29) is 5.41 Å². The van der Waals surface area contributed by atoms with Crippen LogP contribution in [0.4, 0.5) is 0 Å². The van der Waals surface area contributed by atoms with Gasteiger partial charge in [0.05, 0.1) is 5.41 Å². The first kappa shape index (κ1) is 10.6. The Balaban J connectivity index is 2.02. The Labute approximate surface area is 98.3 Å². The molecule has 1 spiro atoms. The molecule has 1 heteroatoms. The van der Waals surface area contributed by atoms with Gasteiger partial charge >= 0.3 is 0 Å². The zero-order valence-corrected chi connectivity index (χ0v) is 10.2. The fourth-order valence-electron chi connectivity index (χ4n) is 4.23. The Morgan fingerprint density at radius 2 is 1.50 bits per heavy atom. The second-order valence-electron chi connectivity index (χ2n) is 5.86. The van der Waals surface area contributed by atoms with Crippen LogP contribution in [-0.4, -0.2) is 5.78 Å². The van der Waals surface area contributed by atoms with Crippen molar-refractivity contribution in [1.82, 2.24) is 0 Å². The normalized spacial score (nSPS) is 29.4. The van der Waals surface area contributed by atoms with Gasteiger partial charge in [-0.1, -0.05) is 30.4 Å². The van der Waals surface area contributed by atoms with Crippen LogP contribution in [0.5, 0.6) is 0 Å². The number of ketones is 1. The van der Waals surface area contributed by atoms with Crippen LogP contribution >= 0.6 is 0 Å². The van der Waals surface area contributed by atoms with Crippen molar-refractivity contribution in [3.8, 4) is 0 Å². The maximum atomic E-state index is 12.4. The first-order chi connectivity index (χ1) is 7.83. The molecule has 3 rings (SSSR count). The van der Waals surface area contributed by atoms with Gasteiger partial charge in [-0.15, -0.1) is 0 Å². The highest BCUT2D eigenvalue weighted by atomic mass is 16.1. The van der Waals surface area contributed by atoms with Crippen LogP contribution in [0.25, 0.3) is 0 Å². The second kappa shape index (κ2) is 4.01. The summed E-state index contributed by atoms with van der Waals surface area (Å²) in [6, 6.07) is 0. The largest absolute Gasteiger partial charge is 0.299 e. The number of rotatable bonds is 0. The van der Waals surface area contributed by atoms with Crippen molar-refractivity contribution in [3.63, 3.8) is 0 Å². The maximum Gasteiger partial charge on any atom is 0.143 e. The molecule has 1 fully saturated rings. The minimum Gasteiger partial charge on any atom is -0.299 e. The standard InChI is InChI=1S/C15H22O/c16-14-9-8-12-6-2-1-3-7-13(12)15(14)10-4-5-11-15/h1-11H2. The van der Waals surface area contributed by atoms with E-state index < -0.39 is 0 Å². The lowest BCUT2D eigenvalue weighted by Crippen LogP contribution is -2.34. The van der Waals surface area contributed by atoms with Crippen LogP contribution in [-0.2, 0) is 4.79 Å². The zero-order chi connectivity index (χ0) is 11.0. The summed E-state index contributed by atoms with van der Waals surface area (Å²) in [5.74, 6) is 0.589. The molecular weight excluding hydrogens is 196 g/mol. The lowest BCUT2D eigenvalue weighted by molar-refractivity contribution is -0.127. The van der Waals surface area contributed by atoms with Crippen molar-refractivity contribution in [1.29, 1.82) is 0 Å². The molecule has 0 aliphatic heterocycles. The Kier molecular flexibility index (Phi) is 2.65. The summed E-state index contributed by atoms with van der Waals surface area (Å²) < 4.78 is 0. The third-order valence-corrected chi connectivity index (χ3v) is 5.05. The minimum atomic E-state index is 0.0535. The van der Waals surface area contributed by atoms with Gasteiger partial charge in [0.25, 0.3) is 0 Å². The molecule has 0 aromatic heterocycles. The molecule has 0 heterocycles. The summed E-state index contributed by atoms with van der Waals surface area (Å²) in [6.45, 7) is 0. The summed E-state index contributed by atoms with van der Waals surface area (Å²) in [5.41, 5.74) is 3.37. The Hall–Kier alpha value is -0.590. The Bertz CT molecular complexity index is 331. The number of allylic oxidation sites excluding steroid dienone is 2. The van der Waals surface area contributed by atoms with Crippen molar-refractivity contribution in [3.05, 3.63) is 11.1 Å². The predicted octanol–water partition coefficient (Wildman–Crippen LogP) is 4.17. The van der Waals surface area contributed by atoms with Gasteiger partial charge in [0.15, 0.2) is 0 Å². The highest BCUT2D eigenvalue weighted by Crippen LogP contribution is 2.53. The number of carbonyl (C=O) groups excluding carboxylic acids is 1. The first-order valence-corrected chi connectivity index (χ1v) is 7.08. The molecule has 0 amide bonds.